The maximum absolute atomic E-state index is 4.41. The third kappa shape index (κ3) is 2.19. The van der Waals surface area contributed by atoms with Crippen LogP contribution in [-0.2, 0) is 0 Å². The number of anilines is 2. The van der Waals surface area contributed by atoms with Gasteiger partial charge in [-0.05, 0) is 38.5 Å². The Labute approximate surface area is 95.6 Å². The van der Waals surface area contributed by atoms with Crippen LogP contribution in [0.1, 0.15) is 17.0 Å². The summed E-state index contributed by atoms with van der Waals surface area (Å²) in [6, 6.07) is 9.94. The zero-order valence-electron chi connectivity index (χ0n) is 9.78. The van der Waals surface area contributed by atoms with Crippen molar-refractivity contribution >= 4 is 11.6 Å². The van der Waals surface area contributed by atoms with Crippen molar-refractivity contribution in [2.45, 2.75) is 20.8 Å². The number of hydrogen-bond donors (Lipinski definition) is 1. The Bertz CT molecular complexity index is 469. The van der Waals surface area contributed by atoms with Crippen LogP contribution < -0.4 is 5.32 Å². The molecule has 3 nitrogen and oxygen atoms in total. The largest absolute Gasteiger partial charge is 0.324 e. The molecular weight excluding hydrogens is 198 g/mol. The summed E-state index contributed by atoms with van der Waals surface area (Å²) in [6.07, 6.45) is 0. The number of benzene rings is 1. The summed E-state index contributed by atoms with van der Waals surface area (Å²) in [4.78, 5) is 8.81. The van der Waals surface area contributed by atoms with E-state index < -0.39 is 0 Å². The van der Waals surface area contributed by atoms with Crippen LogP contribution in [0.25, 0.3) is 0 Å². The van der Waals surface area contributed by atoms with E-state index in [1.54, 1.807) is 0 Å². The standard InChI is InChI=1S/C13H15N3/c1-9-10(2)14-13(15-11(9)3)16-12-7-5-4-6-8-12/h4-8H,1-3H3,(H,14,15,16). The molecule has 1 aromatic carbocycles. The first-order valence-electron chi connectivity index (χ1n) is 5.31. The van der Waals surface area contributed by atoms with Crippen LogP contribution >= 0.6 is 0 Å². The van der Waals surface area contributed by atoms with Gasteiger partial charge in [-0.3, -0.25) is 0 Å². The summed E-state index contributed by atoms with van der Waals surface area (Å²) in [5, 5.41) is 3.19. The van der Waals surface area contributed by atoms with Gasteiger partial charge in [-0.15, -0.1) is 0 Å². The number of nitrogens with zero attached hydrogens (tertiary/aromatic N) is 2. The van der Waals surface area contributed by atoms with Gasteiger partial charge in [0.2, 0.25) is 5.95 Å². The van der Waals surface area contributed by atoms with Gasteiger partial charge in [0.1, 0.15) is 0 Å². The number of rotatable bonds is 2. The predicted molar refractivity (Wildman–Crippen MR) is 66.0 cm³/mol. The molecule has 0 aliphatic heterocycles. The van der Waals surface area contributed by atoms with E-state index in [2.05, 4.69) is 15.3 Å². The van der Waals surface area contributed by atoms with Crippen LogP contribution in [0.2, 0.25) is 0 Å². The van der Waals surface area contributed by atoms with E-state index in [-0.39, 0.29) is 0 Å². The van der Waals surface area contributed by atoms with E-state index in [1.165, 1.54) is 0 Å². The van der Waals surface area contributed by atoms with E-state index in [4.69, 9.17) is 0 Å². The van der Waals surface area contributed by atoms with E-state index in [1.807, 2.05) is 51.1 Å². The van der Waals surface area contributed by atoms with E-state index in [0.29, 0.717) is 5.95 Å². The monoisotopic (exact) mass is 213 g/mol. The van der Waals surface area contributed by atoms with Gasteiger partial charge in [0.15, 0.2) is 0 Å². The molecule has 2 aromatic rings. The molecule has 82 valence electrons. The van der Waals surface area contributed by atoms with Gasteiger partial charge in [-0.25, -0.2) is 9.97 Å². The van der Waals surface area contributed by atoms with E-state index in [0.717, 1.165) is 22.6 Å². The zero-order chi connectivity index (χ0) is 11.5. The Balaban J connectivity index is 2.29. The number of aryl methyl sites for hydroxylation is 2. The first-order chi connectivity index (χ1) is 7.66. The van der Waals surface area contributed by atoms with Gasteiger partial charge in [0.05, 0.1) is 0 Å². The molecule has 0 atom stereocenters. The molecule has 0 fully saturated rings. The van der Waals surface area contributed by atoms with Crippen LogP contribution in [0.5, 0.6) is 0 Å². The van der Waals surface area contributed by atoms with E-state index in [9.17, 15) is 0 Å². The van der Waals surface area contributed by atoms with Gasteiger partial charge >= 0.3 is 0 Å². The van der Waals surface area contributed by atoms with Crippen LogP contribution in [-0.4, -0.2) is 9.97 Å². The maximum Gasteiger partial charge on any atom is 0.227 e. The Hall–Kier alpha value is -1.90. The topological polar surface area (TPSA) is 37.8 Å². The van der Waals surface area contributed by atoms with Gasteiger partial charge in [0.25, 0.3) is 0 Å². The molecule has 1 aromatic heterocycles. The molecule has 0 aliphatic carbocycles. The molecule has 0 aliphatic rings. The average Bonchev–Trinajstić information content (AvgIpc) is 2.27. The fourth-order valence-corrected chi connectivity index (χ4v) is 1.48. The quantitative estimate of drug-likeness (QED) is 0.832. The number of hydrogen-bond acceptors (Lipinski definition) is 3. The molecule has 16 heavy (non-hydrogen) atoms. The second-order valence-corrected chi connectivity index (χ2v) is 3.83. The second kappa shape index (κ2) is 4.31. The Morgan fingerprint density at radius 3 is 2.00 bits per heavy atom. The fraction of sp³-hybridized carbons (Fsp3) is 0.231. The minimum atomic E-state index is 0.659. The predicted octanol–water partition coefficient (Wildman–Crippen LogP) is 3.15. The van der Waals surface area contributed by atoms with Crippen LogP contribution in [0, 0.1) is 20.8 Å². The minimum absolute atomic E-state index is 0.659. The highest BCUT2D eigenvalue weighted by atomic mass is 15.1. The average molecular weight is 213 g/mol. The smallest absolute Gasteiger partial charge is 0.227 e. The summed E-state index contributed by atoms with van der Waals surface area (Å²) >= 11 is 0. The van der Waals surface area contributed by atoms with Gasteiger partial charge < -0.3 is 5.32 Å². The van der Waals surface area contributed by atoms with Crippen LogP contribution in [0.3, 0.4) is 0 Å². The van der Waals surface area contributed by atoms with Crippen molar-refractivity contribution < 1.29 is 0 Å². The highest BCUT2D eigenvalue weighted by Gasteiger charge is 2.04. The molecule has 1 heterocycles. The highest BCUT2D eigenvalue weighted by molar-refractivity contribution is 5.53. The maximum atomic E-state index is 4.41. The lowest BCUT2D eigenvalue weighted by Crippen LogP contribution is -2.02. The lowest BCUT2D eigenvalue weighted by Gasteiger charge is -2.08. The van der Waals surface area contributed by atoms with Crippen molar-refractivity contribution in [1.82, 2.24) is 9.97 Å². The molecule has 3 heteroatoms. The summed E-state index contributed by atoms with van der Waals surface area (Å²) in [7, 11) is 0. The van der Waals surface area contributed by atoms with Gasteiger partial charge in [-0.1, -0.05) is 18.2 Å². The number of nitrogens with one attached hydrogen (secondary N) is 1. The number of aromatic nitrogens is 2. The lowest BCUT2D eigenvalue weighted by atomic mass is 10.2. The van der Waals surface area contributed by atoms with Crippen molar-refractivity contribution in [3.05, 3.63) is 47.3 Å². The summed E-state index contributed by atoms with van der Waals surface area (Å²) < 4.78 is 0. The molecular formula is C13H15N3. The fourth-order valence-electron chi connectivity index (χ4n) is 1.48. The summed E-state index contributed by atoms with van der Waals surface area (Å²) in [5.41, 5.74) is 4.20. The first kappa shape index (κ1) is 10.6. The second-order valence-electron chi connectivity index (χ2n) is 3.83. The molecule has 0 saturated heterocycles. The zero-order valence-corrected chi connectivity index (χ0v) is 9.78. The third-order valence-electron chi connectivity index (χ3n) is 2.66. The summed E-state index contributed by atoms with van der Waals surface area (Å²) in [6.45, 7) is 6.04. The van der Waals surface area contributed by atoms with Crippen molar-refractivity contribution in [2.24, 2.45) is 0 Å². The van der Waals surface area contributed by atoms with Crippen molar-refractivity contribution in [1.29, 1.82) is 0 Å². The van der Waals surface area contributed by atoms with Gasteiger partial charge in [0, 0.05) is 17.1 Å². The third-order valence-corrected chi connectivity index (χ3v) is 2.66. The molecule has 0 bridgehead atoms. The SMILES string of the molecule is Cc1nc(Nc2ccccc2)nc(C)c1C. The van der Waals surface area contributed by atoms with Crippen LogP contribution in [0.15, 0.2) is 30.3 Å². The Morgan fingerprint density at radius 2 is 1.44 bits per heavy atom. The number of para-hydroxylation sites is 1. The first-order valence-corrected chi connectivity index (χ1v) is 5.31. The van der Waals surface area contributed by atoms with Gasteiger partial charge in [-0.2, -0.15) is 0 Å². The summed E-state index contributed by atoms with van der Waals surface area (Å²) in [5.74, 6) is 0.659. The molecule has 0 radical (unpaired) electrons. The molecule has 0 amide bonds. The van der Waals surface area contributed by atoms with Crippen molar-refractivity contribution in [2.75, 3.05) is 5.32 Å². The van der Waals surface area contributed by atoms with Crippen LogP contribution in [0.4, 0.5) is 11.6 Å². The Kier molecular flexibility index (Phi) is 2.86. The molecule has 1 N–H and O–H groups in total. The highest BCUT2D eigenvalue weighted by Crippen LogP contribution is 2.15. The minimum Gasteiger partial charge on any atom is -0.324 e. The normalized spacial score (nSPS) is 10.2. The molecule has 0 spiro atoms. The molecule has 2 rings (SSSR count). The van der Waals surface area contributed by atoms with Crippen molar-refractivity contribution in [3.63, 3.8) is 0 Å². The van der Waals surface area contributed by atoms with Crippen molar-refractivity contribution in [3.8, 4) is 0 Å². The van der Waals surface area contributed by atoms with E-state index >= 15 is 0 Å². The lowest BCUT2D eigenvalue weighted by molar-refractivity contribution is 1.02. The Morgan fingerprint density at radius 1 is 0.875 bits per heavy atom. The molecule has 0 saturated carbocycles. The molecule has 0 unspecified atom stereocenters.